The number of hydrogen-bond donors (Lipinski definition) is 1. The Morgan fingerprint density at radius 1 is 1.42 bits per heavy atom. The molecule has 0 saturated carbocycles. The molecule has 1 aliphatic heterocycles. The van der Waals surface area contributed by atoms with Crippen LogP contribution in [0.3, 0.4) is 0 Å². The van der Waals surface area contributed by atoms with Gasteiger partial charge in [0, 0.05) is 23.8 Å². The van der Waals surface area contributed by atoms with Crippen LogP contribution in [-0.4, -0.2) is 29.3 Å². The lowest BCUT2D eigenvalue weighted by atomic mass is 10.1. The van der Waals surface area contributed by atoms with Crippen molar-refractivity contribution in [3.05, 3.63) is 36.2 Å². The number of benzene rings is 1. The lowest BCUT2D eigenvalue weighted by Crippen LogP contribution is -2.31. The summed E-state index contributed by atoms with van der Waals surface area (Å²) < 4.78 is 0. The van der Waals surface area contributed by atoms with Gasteiger partial charge < -0.3 is 10.0 Å². The van der Waals surface area contributed by atoms with Gasteiger partial charge in [-0.1, -0.05) is 0 Å². The maximum absolute atomic E-state index is 9.40. The first-order valence-corrected chi connectivity index (χ1v) is 6.50. The van der Waals surface area contributed by atoms with Gasteiger partial charge in [0.2, 0.25) is 0 Å². The average Bonchev–Trinajstić information content (AvgIpc) is 2.94. The minimum absolute atomic E-state index is 0.192. The van der Waals surface area contributed by atoms with Crippen LogP contribution in [0.1, 0.15) is 18.5 Å². The Bertz CT molecular complexity index is 647. The Morgan fingerprint density at radius 3 is 3.11 bits per heavy atom. The minimum Gasteiger partial charge on any atom is -0.394 e. The van der Waals surface area contributed by atoms with E-state index in [1.807, 2.05) is 18.2 Å². The lowest BCUT2D eigenvalue weighted by molar-refractivity contribution is 0.266. The summed E-state index contributed by atoms with van der Waals surface area (Å²) in [5.74, 6) is 0. The van der Waals surface area contributed by atoms with Crippen LogP contribution in [0, 0.1) is 11.3 Å². The van der Waals surface area contributed by atoms with Crippen molar-refractivity contribution in [2.75, 3.05) is 18.1 Å². The molecule has 2 heterocycles. The van der Waals surface area contributed by atoms with E-state index in [1.165, 1.54) is 0 Å². The lowest BCUT2D eigenvalue weighted by Gasteiger charge is -2.25. The number of aliphatic hydroxyl groups excluding tert-OH is 1. The van der Waals surface area contributed by atoms with Gasteiger partial charge in [0.15, 0.2) is 0 Å². The molecule has 0 unspecified atom stereocenters. The van der Waals surface area contributed by atoms with Crippen molar-refractivity contribution in [1.82, 2.24) is 4.98 Å². The molecule has 0 aliphatic carbocycles. The van der Waals surface area contributed by atoms with E-state index < -0.39 is 0 Å². The van der Waals surface area contributed by atoms with E-state index >= 15 is 0 Å². The highest BCUT2D eigenvalue weighted by Gasteiger charge is 2.24. The molecule has 1 aromatic heterocycles. The summed E-state index contributed by atoms with van der Waals surface area (Å²) in [6.45, 7) is 1.17. The number of pyridine rings is 1. The van der Waals surface area contributed by atoms with E-state index in [0.29, 0.717) is 5.69 Å². The number of nitrogens with zero attached hydrogens (tertiary/aromatic N) is 3. The molecular weight excluding hydrogens is 238 g/mol. The van der Waals surface area contributed by atoms with Crippen LogP contribution in [0.5, 0.6) is 0 Å². The van der Waals surface area contributed by atoms with Crippen molar-refractivity contribution in [2.24, 2.45) is 0 Å². The Morgan fingerprint density at radius 2 is 2.32 bits per heavy atom. The molecule has 96 valence electrons. The highest BCUT2D eigenvalue weighted by molar-refractivity contribution is 5.89. The summed E-state index contributed by atoms with van der Waals surface area (Å²) in [6.07, 6.45) is 3.82. The largest absolute Gasteiger partial charge is 0.394 e. The van der Waals surface area contributed by atoms with Crippen molar-refractivity contribution >= 4 is 16.5 Å². The summed E-state index contributed by atoms with van der Waals surface area (Å²) in [7, 11) is 0. The van der Waals surface area contributed by atoms with E-state index in [0.717, 1.165) is 35.8 Å². The summed E-state index contributed by atoms with van der Waals surface area (Å²) in [6, 6.07) is 10.3. The zero-order valence-corrected chi connectivity index (χ0v) is 10.6. The molecule has 0 radical (unpaired) electrons. The second-order valence-corrected chi connectivity index (χ2v) is 4.85. The van der Waals surface area contributed by atoms with E-state index in [2.05, 4.69) is 22.0 Å². The van der Waals surface area contributed by atoms with E-state index in [-0.39, 0.29) is 12.6 Å². The number of aliphatic hydroxyl groups is 1. The molecule has 4 nitrogen and oxygen atoms in total. The standard InChI is InChI=1S/C15H15N3O/c16-9-15-14-4-3-12(8-11(14)5-6-17-15)18-7-1-2-13(18)10-19/h3-6,8,13,19H,1-2,7,10H2/t13-/m1/s1. The Hall–Kier alpha value is -2.12. The van der Waals surface area contributed by atoms with Crippen molar-refractivity contribution in [1.29, 1.82) is 5.26 Å². The molecule has 1 aromatic carbocycles. The molecule has 3 rings (SSSR count). The fourth-order valence-electron chi connectivity index (χ4n) is 2.80. The molecular formula is C15H15N3O. The Labute approximate surface area is 111 Å². The summed E-state index contributed by atoms with van der Waals surface area (Å²) in [5, 5.41) is 20.3. The molecule has 19 heavy (non-hydrogen) atoms. The highest BCUT2D eigenvalue weighted by Crippen LogP contribution is 2.29. The first kappa shape index (κ1) is 11.9. The first-order chi connectivity index (χ1) is 9.33. The smallest absolute Gasteiger partial charge is 0.148 e. The summed E-state index contributed by atoms with van der Waals surface area (Å²) in [5.41, 5.74) is 1.57. The van der Waals surface area contributed by atoms with E-state index in [9.17, 15) is 5.11 Å². The van der Waals surface area contributed by atoms with Gasteiger partial charge in [0.25, 0.3) is 0 Å². The number of hydrogen-bond acceptors (Lipinski definition) is 4. The summed E-state index contributed by atoms with van der Waals surface area (Å²) in [4.78, 5) is 6.31. The van der Waals surface area contributed by atoms with E-state index in [1.54, 1.807) is 6.20 Å². The molecule has 1 saturated heterocycles. The Kier molecular flexibility index (Phi) is 3.06. The van der Waals surface area contributed by atoms with Crippen LogP contribution < -0.4 is 4.90 Å². The number of anilines is 1. The zero-order chi connectivity index (χ0) is 13.2. The van der Waals surface area contributed by atoms with Gasteiger partial charge in [-0.15, -0.1) is 0 Å². The predicted octanol–water partition coefficient (Wildman–Crippen LogP) is 2.07. The van der Waals surface area contributed by atoms with Gasteiger partial charge in [-0.3, -0.25) is 0 Å². The van der Waals surface area contributed by atoms with Crippen molar-refractivity contribution in [3.63, 3.8) is 0 Å². The van der Waals surface area contributed by atoms with Gasteiger partial charge >= 0.3 is 0 Å². The number of nitriles is 1. The third-order valence-corrected chi connectivity index (χ3v) is 3.77. The normalized spacial score (nSPS) is 18.7. The molecule has 1 aliphatic rings. The number of rotatable bonds is 2. The first-order valence-electron chi connectivity index (χ1n) is 6.50. The molecule has 4 heteroatoms. The van der Waals surface area contributed by atoms with Gasteiger partial charge in [0.05, 0.1) is 12.6 Å². The van der Waals surface area contributed by atoms with E-state index in [4.69, 9.17) is 5.26 Å². The second-order valence-electron chi connectivity index (χ2n) is 4.85. The molecule has 1 N–H and O–H groups in total. The fraction of sp³-hybridized carbons (Fsp3) is 0.333. The van der Waals surface area contributed by atoms with Gasteiger partial charge in [-0.05, 0) is 42.5 Å². The summed E-state index contributed by atoms with van der Waals surface area (Å²) >= 11 is 0. The third-order valence-electron chi connectivity index (χ3n) is 3.77. The highest BCUT2D eigenvalue weighted by atomic mass is 16.3. The zero-order valence-electron chi connectivity index (χ0n) is 10.6. The molecule has 2 aromatic rings. The average molecular weight is 253 g/mol. The monoisotopic (exact) mass is 253 g/mol. The van der Waals surface area contributed by atoms with Crippen molar-refractivity contribution < 1.29 is 5.11 Å². The van der Waals surface area contributed by atoms with Crippen LogP contribution in [0.4, 0.5) is 5.69 Å². The fourth-order valence-corrected chi connectivity index (χ4v) is 2.80. The molecule has 1 atom stereocenters. The SMILES string of the molecule is N#Cc1nccc2cc(N3CCC[C@@H]3CO)ccc12. The maximum Gasteiger partial charge on any atom is 0.148 e. The molecule has 0 spiro atoms. The van der Waals surface area contributed by atoms with Crippen LogP contribution >= 0.6 is 0 Å². The van der Waals surface area contributed by atoms with Crippen LogP contribution in [-0.2, 0) is 0 Å². The van der Waals surface area contributed by atoms with Crippen molar-refractivity contribution in [3.8, 4) is 6.07 Å². The Balaban J connectivity index is 2.05. The second kappa shape index (κ2) is 4.87. The number of fused-ring (bicyclic) bond motifs is 1. The van der Waals surface area contributed by atoms with Gasteiger partial charge in [-0.25, -0.2) is 4.98 Å². The third kappa shape index (κ3) is 2.02. The van der Waals surface area contributed by atoms with Gasteiger partial charge in [-0.2, -0.15) is 5.26 Å². The molecule has 0 bridgehead atoms. The van der Waals surface area contributed by atoms with Crippen LogP contribution in [0.25, 0.3) is 10.8 Å². The molecule has 0 amide bonds. The molecule has 1 fully saturated rings. The van der Waals surface area contributed by atoms with Crippen LogP contribution in [0.15, 0.2) is 30.5 Å². The minimum atomic E-state index is 0.192. The van der Waals surface area contributed by atoms with Crippen LogP contribution in [0.2, 0.25) is 0 Å². The number of aromatic nitrogens is 1. The predicted molar refractivity (Wildman–Crippen MR) is 73.9 cm³/mol. The van der Waals surface area contributed by atoms with Gasteiger partial charge in [0.1, 0.15) is 11.8 Å². The maximum atomic E-state index is 9.40. The topological polar surface area (TPSA) is 60.2 Å². The van der Waals surface area contributed by atoms with Crippen molar-refractivity contribution in [2.45, 2.75) is 18.9 Å². The quantitative estimate of drug-likeness (QED) is 0.890.